The molecule has 1 amide bonds. The average Bonchev–Trinajstić information content (AvgIpc) is 2.76. The number of carbonyl (C=O) groups excluding carboxylic acids is 1. The Morgan fingerprint density at radius 3 is 2.55 bits per heavy atom. The van der Waals surface area contributed by atoms with Gasteiger partial charge in [-0.1, -0.05) is 17.7 Å². The summed E-state index contributed by atoms with van der Waals surface area (Å²) in [5, 5.41) is 6.42. The Bertz CT molecular complexity index is 959. The summed E-state index contributed by atoms with van der Waals surface area (Å²) in [5.74, 6) is 0.623. The lowest BCUT2D eigenvalue weighted by atomic mass is 9.91. The van der Waals surface area contributed by atoms with Crippen LogP contribution in [-0.2, 0) is 12.8 Å². The molecule has 31 heavy (non-hydrogen) atoms. The number of anilines is 2. The summed E-state index contributed by atoms with van der Waals surface area (Å²) < 4.78 is 14.1. The highest BCUT2D eigenvalue weighted by atomic mass is 35.5. The van der Waals surface area contributed by atoms with Gasteiger partial charge in [-0.25, -0.2) is 9.37 Å². The molecule has 166 valence electrons. The molecule has 0 radical (unpaired) electrons. The number of amides is 1. The van der Waals surface area contributed by atoms with Crippen molar-refractivity contribution in [1.82, 2.24) is 15.3 Å². The zero-order valence-electron chi connectivity index (χ0n) is 18.0. The number of hydrogen-bond acceptors (Lipinski definition) is 5. The molecule has 8 heteroatoms. The zero-order chi connectivity index (χ0) is 22.0. The van der Waals surface area contributed by atoms with Crippen LogP contribution < -0.4 is 15.5 Å². The van der Waals surface area contributed by atoms with Crippen LogP contribution >= 0.6 is 11.6 Å². The van der Waals surface area contributed by atoms with E-state index in [0.717, 1.165) is 50.0 Å². The van der Waals surface area contributed by atoms with Crippen molar-refractivity contribution >= 4 is 29.3 Å². The maximum absolute atomic E-state index is 14.1. The van der Waals surface area contributed by atoms with Crippen LogP contribution in [0, 0.1) is 5.82 Å². The van der Waals surface area contributed by atoms with Gasteiger partial charge in [-0.05, 0) is 63.5 Å². The van der Waals surface area contributed by atoms with Gasteiger partial charge in [0.05, 0.1) is 16.3 Å². The highest BCUT2D eigenvalue weighted by molar-refractivity contribution is 6.31. The predicted molar refractivity (Wildman–Crippen MR) is 122 cm³/mol. The summed E-state index contributed by atoms with van der Waals surface area (Å²) in [5.41, 5.74) is 2.44. The van der Waals surface area contributed by atoms with Crippen molar-refractivity contribution < 1.29 is 9.18 Å². The molecule has 0 saturated heterocycles. The number of aryl methyl sites for hydroxylation is 1. The molecule has 0 atom stereocenters. The highest BCUT2D eigenvalue weighted by Crippen LogP contribution is 2.29. The standard InChI is InChI=1S/C23H29ClFN5O/c1-30(2)21-16-6-3-4-9-19(16)28-23(29-21)27-15-12-10-14(11-13-15)26-22(31)17-7-5-8-18(24)20(17)25/h5,7-8,14-15H,3-4,6,9-13H2,1-2H3,(H,26,31)(H,27,28,29)/t14-,15+. The minimum atomic E-state index is -0.668. The van der Waals surface area contributed by atoms with E-state index >= 15 is 0 Å². The summed E-state index contributed by atoms with van der Waals surface area (Å²) in [6.45, 7) is 0. The van der Waals surface area contributed by atoms with Crippen LogP contribution in [0.15, 0.2) is 18.2 Å². The molecule has 2 N–H and O–H groups in total. The normalized spacial score (nSPS) is 20.6. The van der Waals surface area contributed by atoms with Crippen molar-refractivity contribution in [2.24, 2.45) is 0 Å². The minimum Gasteiger partial charge on any atom is -0.362 e. The Labute approximate surface area is 187 Å². The van der Waals surface area contributed by atoms with Crippen molar-refractivity contribution in [1.29, 1.82) is 0 Å². The summed E-state index contributed by atoms with van der Waals surface area (Å²) in [6.07, 6.45) is 7.83. The molecule has 0 unspecified atom stereocenters. The Morgan fingerprint density at radius 1 is 1.10 bits per heavy atom. The number of aromatic nitrogens is 2. The van der Waals surface area contributed by atoms with E-state index in [9.17, 15) is 9.18 Å². The number of carbonyl (C=O) groups is 1. The molecule has 0 spiro atoms. The van der Waals surface area contributed by atoms with Crippen LogP contribution in [0.5, 0.6) is 0 Å². The van der Waals surface area contributed by atoms with Gasteiger partial charge < -0.3 is 15.5 Å². The van der Waals surface area contributed by atoms with Gasteiger partial charge >= 0.3 is 0 Å². The van der Waals surface area contributed by atoms with Crippen molar-refractivity contribution in [3.8, 4) is 0 Å². The number of nitrogens with one attached hydrogen (secondary N) is 2. The van der Waals surface area contributed by atoms with E-state index in [1.807, 2.05) is 14.1 Å². The lowest BCUT2D eigenvalue weighted by Crippen LogP contribution is -2.40. The number of halogens is 2. The topological polar surface area (TPSA) is 70.2 Å². The van der Waals surface area contributed by atoms with Crippen LogP contribution in [0.4, 0.5) is 16.2 Å². The zero-order valence-corrected chi connectivity index (χ0v) is 18.8. The maximum atomic E-state index is 14.1. The second-order valence-electron chi connectivity index (χ2n) is 8.67. The van der Waals surface area contributed by atoms with Crippen molar-refractivity contribution in [2.75, 3.05) is 24.3 Å². The predicted octanol–water partition coefficient (Wildman–Crippen LogP) is 4.37. The molecule has 0 aliphatic heterocycles. The molecule has 2 aliphatic rings. The number of benzene rings is 1. The molecule has 6 nitrogen and oxygen atoms in total. The number of nitrogens with zero attached hydrogens (tertiary/aromatic N) is 3. The highest BCUT2D eigenvalue weighted by Gasteiger charge is 2.26. The maximum Gasteiger partial charge on any atom is 0.254 e. The summed E-state index contributed by atoms with van der Waals surface area (Å²) in [6, 6.07) is 4.76. The van der Waals surface area contributed by atoms with Gasteiger partial charge in [0.15, 0.2) is 5.82 Å². The quantitative estimate of drug-likeness (QED) is 0.715. The van der Waals surface area contributed by atoms with Crippen molar-refractivity contribution in [3.63, 3.8) is 0 Å². The fourth-order valence-electron chi connectivity index (χ4n) is 4.52. The minimum absolute atomic E-state index is 0.00794. The second-order valence-corrected chi connectivity index (χ2v) is 9.07. The SMILES string of the molecule is CN(C)c1nc(N[C@H]2CC[C@@H](NC(=O)c3cccc(Cl)c3F)CC2)nc2c1CCCC2. The van der Waals surface area contributed by atoms with Crippen LogP contribution in [0.1, 0.15) is 60.1 Å². The molecule has 1 saturated carbocycles. The van der Waals surface area contributed by atoms with E-state index in [-0.39, 0.29) is 22.7 Å². The second kappa shape index (κ2) is 9.39. The van der Waals surface area contributed by atoms with Crippen LogP contribution in [0.3, 0.4) is 0 Å². The van der Waals surface area contributed by atoms with Crippen LogP contribution in [0.25, 0.3) is 0 Å². The van der Waals surface area contributed by atoms with E-state index in [0.29, 0.717) is 5.95 Å². The molecule has 1 aromatic heterocycles. The first kappa shape index (κ1) is 21.8. The molecule has 4 rings (SSSR count). The van der Waals surface area contributed by atoms with E-state index in [1.165, 1.54) is 30.5 Å². The van der Waals surface area contributed by atoms with Crippen LogP contribution in [-0.4, -0.2) is 42.1 Å². The largest absolute Gasteiger partial charge is 0.362 e. The average molecular weight is 446 g/mol. The molecule has 0 bridgehead atoms. The van der Waals surface area contributed by atoms with Gasteiger partial charge in [0.1, 0.15) is 5.82 Å². The Kier molecular flexibility index (Phi) is 6.60. The lowest BCUT2D eigenvalue weighted by Gasteiger charge is -2.30. The van der Waals surface area contributed by atoms with Crippen molar-refractivity contribution in [3.05, 3.63) is 45.9 Å². The molecule has 1 fully saturated rings. The Hall–Kier alpha value is -2.41. The van der Waals surface area contributed by atoms with Gasteiger partial charge in [-0.3, -0.25) is 4.79 Å². The lowest BCUT2D eigenvalue weighted by molar-refractivity contribution is 0.0922. The summed E-state index contributed by atoms with van der Waals surface area (Å²) >= 11 is 5.79. The van der Waals surface area contributed by atoms with Gasteiger partial charge in [0.2, 0.25) is 5.95 Å². The Morgan fingerprint density at radius 2 is 1.81 bits per heavy atom. The first-order valence-electron chi connectivity index (χ1n) is 11.0. The van der Waals surface area contributed by atoms with Crippen molar-refractivity contribution in [2.45, 2.75) is 63.5 Å². The first-order valence-corrected chi connectivity index (χ1v) is 11.4. The monoisotopic (exact) mass is 445 g/mol. The number of rotatable bonds is 5. The van der Waals surface area contributed by atoms with E-state index in [1.54, 1.807) is 6.07 Å². The molecule has 1 heterocycles. The van der Waals surface area contributed by atoms with Gasteiger partial charge in [0.25, 0.3) is 5.91 Å². The van der Waals surface area contributed by atoms with E-state index in [4.69, 9.17) is 21.6 Å². The molecule has 1 aromatic carbocycles. The number of fused-ring (bicyclic) bond motifs is 1. The molecular weight excluding hydrogens is 417 g/mol. The molecule has 2 aromatic rings. The third kappa shape index (κ3) is 4.92. The fraction of sp³-hybridized carbons (Fsp3) is 0.522. The smallest absolute Gasteiger partial charge is 0.254 e. The number of hydrogen-bond donors (Lipinski definition) is 2. The van der Waals surface area contributed by atoms with E-state index < -0.39 is 11.7 Å². The van der Waals surface area contributed by atoms with Gasteiger partial charge in [-0.15, -0.1) is 0 Å². The molecular formula is C23H29ClFN5O. The van der Waals surface area contributed by atoms with Gasteiger partial charge in [0, 0.05) is 31.7 Å². The first-order chi connectivity index (χ1) is 14.9. The summed E-state index contributed by atoms with van der Waals surface area (Å²) in [4.78, 5) is 24.1. The molecule has 2 aliphatic carbocycles. The Balaban J connectivity index is 1.36. The van der Waals surface area contributed by atoms with Crippen LogP contribution in [0.2, 0.25) is 5.02 Å². The van der Waals surface area contributed by atoms with E-state index in [2.05, 4.69) is 15.5 Å². The third-order valence-electron chi connectivity index (χ3n) is 6.18. The third-order valence-corrected chi connectivity index (χ3v) is 6.47. The fourth-order valence-corrected chi connectivity index (χ4v) is 4.69. The van der Waals surface area contributed by atoms with Gasteiger partial charge in [-0.2, -0.15) is 4.98 Å². The summed E-state index contributed by atoms with van der Waals surface area (Å²) in [7, 11) is 4.05.